The fraction of sp³-hybridized carbons (Fsp3) is 0.333. The van der Waals surface area contributed by atoms with E-state index in [1.165, 1.54) is 80.9 Å². The number of ether oxygens (including phenoxy) is 1. The van der Waals surface area contributed by atoms with Crippen LogP contribution < -0.4 is 4.74 Å². The van der Waals surface area contributed by atoms with Crippen molar-refractivity contribution >= 4 is 21.8 Å². The minimum absolute atomic E-state index is 0. The van der Waals surface area contributed by atoms with Gasteiger partial charge in [0.15, 0.2) is 0 Å². The molecule has 2 fully saturated rings. The van der Waals surface area contributed by atoms with E-state index in [1.54, 1.807) is 11.1 Å². The summed E-state index contributed by atoms with van der Waals surface area (Å²) in [5, 5.41) is 7.50. The number of benzene rings is 4. The Morgan fingerprint density at radius 1 is 0.648 bits per heavy atom. The quantitative estimate of drug-likeness (QED) is 0.150. The van der Waals surface area contributed by atoms with E-state index in [2.05, 4.69) is 104 Å². The van der Waals surface area contributed by atoms with Crippen LogP contribution in [0.2, 0.25) is 0 Å². The van der Waals surface area contributed by atoms with E-state index >= 15 is 0 Å². The molecule has 0 N–H and O–H groups in total. The molecule has 3 aromatic heterocycles. The molecular formula is C48H48N4OPt. The van der Waals surface area contributed by atoms with Crippen LogP contribution in [0.4, 0.5) is 0 Å². The summed E-state index contributed by atoms with van der Waals surface area (Å²) in [6, 6.07) is 35.0. The van der Waals surface area contributed by atoms with Crippen LogP contribution >= 0.6 is 0 Å². The number of hydrogen-bond donors (Lipinski definition) is 0. The zero-order valence-corrected chi connectivity index (χ0v) is 34.1. The van der Waals surface area contributed by atoms with Crippen LogP contribution in [-0.4, -0.2) is 19.3 Å². The van der Waals surface area contributed by atoms with Crippen molar-refractivity contribution in [1.29, 1.82) is 0 Å². The van der Waals surface area contributed by atoms with Crippen LogP contribution in [-0.2, 0) is 21.1 Å². The molecule has 2 saturated carbocycles. The van der Waals surface area contributed by atoms with Crippen molar-refractivity contribution in [1.82, 2.24) is 19.3 Å². The molecule has 0 bridgehead atoms. The number of aromatic nitrogens is 4. The molecular weight excluding hydrogens is 844 g/mol. The summed E-state index contributed by atoms with van der Waals surface area (Å²) in [5.41, 5.74) is 13.6. The molecule has 0 unspecified atom stereocenters. The molecule has 0 atom stereocenters. The Kier molecular flexibility index (Phi) is 10.4. The first-order chi connectivity index (χ1) is 25.9. The summed E-state index contributed by atoms with van der Waals surface area (Å²) in [7, 11) is 0. The number of rotatable bonds is 7. The third-order valence-electron chi connectivity index (χ3n) is 11.9. The Balaban J connectivity index is 0.00000413. The number of para-hydroxylation sites is 1. The molecule has 0 spiro atoms. The third kappa shape index (κ3) is 6.74. The molecule has 0 amide bonds. The first-order valence-electron chi connectivity index (χ1n) is 19.7. The van der Waals surface area contributed by atoms with Gasteiger partial charge in [-0.2, -0.15) is 17.2 Å². The van der Waals surface area contributed by atoms with Gasteiger partial charge in [0.1, 0.15) is 5.82 Å². The van der Waals surface area contributed by atoms with Crippen LogP contribution in [0.1, 0.15) is 110 Å². The van der Waals surface area contributed by atoms with Gasteiger partial charge in [0.05, 0.1) is 5.69 Å². The average molecular weight is 892 g/mol. The van der Waals surface area contributed by atoms with Crippen molar-refractivity contribution < 1.29 is 25.8 Å². The average Bonchev–Trinajstić information content (AvgIpc) is 3.67. The number of hydrogen-bond acceptors (Lipinski definition) is 3. The molecule has 0 aliphatic heterocycles. The van der Waals surface area contributed by atoms with Crippen molar-refractivity contribution in [2.24, 2.45) is 0 Å². The van der Waals surface area contributed by atoms with E-state index in [-0.39, 0.29) is 21.1 Å². The summed E-state index contributed by atoms with van der Waals surface area (Å²) >= 11 is 0. The first kappa shape index (κ1) is 36.5. The Morgan fingerprint density at radius 3 is 2.04 bits per heavy atom. The number of pyridine rings is 1. The van der Waals surface area contributed by atoms with Gasteiger partial charge in [-0.1, -0.05) is 79.9 Å². The third-order valence-corrected chi connectivity index (χ3v) is 11.9. The van der Waals surface area contributed by atoms with Gasteiger partial charge < -0.3 is 9.30 Å². The number of fused-ring (bicyclic) bond motifs is 3. The molecule has 5 nitrogen and oxygen atoms in total. The van der Waals surface area contributed by atoms with Crippen molar-refractivity contribution in [2.45, 2.75) is 104 Å². The molecule has 3 heterocycles. The maximum atomic E-state index is 6.54. The summed E-state index contributed by atoms with van der Waals surface area (Å²) in [4.78, 5) is 4.73. The maximum absolute atomic E-state index is 6.54. The van der Waals surface area contributed by atoms with Gasteiger partial charge in [-0.3, -0.25) is 4.68 Å². The Bertz CT molecular complexity index is 2420. The van der Waals surface area contributed by atoms with Gasteiger partial charge in [-0.25, -0.2) is 4.98 Å². The first-order valence-corrected chi connectivity index (χ1v) is 19.7. The second kappa shape index (κ2) is 15.3. The molecule has 54 heavy (non-hydrogen) atoms. The van der Waals surface area contributed by atoms with Gasteiger partial charge in [0.25, 0.3) is 0 Å². The molecule has 4 aromatic carbocycles. The predicted octanol–water partition coefficient (Wildman–Crippen LogP) is 12.8. The maximum Gasteiger partial charge on any atom is 2.00 e. The van der Waals surface area contributed by atoms with E-state index in [9.17, 15) is 0 Å². The minimum Gasteiger partial charge on any atom is -0.509 e. The van der Waals surface area contributed by atoms with E-state index in [1.807, 2.05) is 30.5 Å². The van der Waals surface area contributed by atoms with Crippen molar-refractivity contribution in [3.63, 3.8) is 0 Å². The van der Waals surface area contributed by atoms with Gasteiger partial charge in [0.2, 0.25) is 0 Å². The minimum atomic E-state index is 0. The number of aryl methyl sites for hydroxylation is 3. The molecule has 7 aromatic rings. The van der Waals surface area contributed by atoms with Gasteiger partial charge >= 0.3 is 21.1 Å². The standard InChI is InChI=1S/C48H48N4O.Pt/c1-31-24-25-49-46(28-31)51-44-21-12-11-20-40(44)41-23-22-39(30-45(41)51)53-38-19-13-18-37(29-38)52-34(4)47(33(3)50-52)48-42(35-14-7-5-8-15-35)26-32(2)27-43(48)36-16-9-6-10-17-36;/h11-13,18-28,35-36H,5-10,14-17H2,1-4H3;/q-2;+2. The largest absolute Gasteiger partial charge is 2.00 e. The van der Waals surface area contributed by atoms with Crippen LogP contribution in [0.25, 0.3) is 44.4 Å². The topological polar surface area (TPSA) is 44.9 Å². The van der Waals surface area contributed by atoms with Crippen LogP contribution in [0.5, 0.6) is 11.5 Å². The van der Waals surface area contributed by atoms with E-state index in [0.717, 1.165) is 50.3 Å². The monoisotopic (exact) mass is 891 g/mol. The summed E-state index contributed by atoms with van der Waals surface area (Å²) in [6.45, 7) is 8.84. The van der Waals surface area contributed by atoms with Crippen molar-refractivity contribution in [3.05, 3.63) is 131 Å². The molecule has 6 heteroatoms. The predicted molar refractivity (Wildman–Crippen MR) is 216 cm³/mol. The zero-order chi connectivity index (χ0) is 36.1. The van der Waals surface area contributed by atoms with Gasteiger partial charge in [-0.05, 0) is 117 Å². The van der Waals surface area contributed by atoms with Crippen LogP contribution in [0.15, 0.2) is 85.1 Å². The van der Waals surface area contributed by atoms with Gasteiger partial charge in [-0.15, -0.1) is 35.7 Å². The zero-order valence-electron chi connectivity index (χ0n) is 31.8. The smallest absolute Gasteiger partial charge is 0.509 e. The molecule has 0 saturated heterocycles. The molecule has 276 valence electrons. The molecule has 0 radical (unpaired) electrons. The van der Waals surface area contributed by atoms with Gasteiger partial charge in [0, 0.05) is 34.5 Å². The summed E-state index contributed by atoms with van der Waals surface area (Å²) in [5.74, 6) is 3.35. The SMILES string of the molecule is Cc1ccnc(-n2c3[c-]c(Oc4[c-]c(-n5nc(C)c(-c6c(C7CCCCC7)cc(C)cc6C6CCCCC6)c5C)ccc4)ccc3c3ccccc32)c1.[Pt+2]. The van der Waals surface area contributed by atoms with E-state index < -0.39 is 0 Å². The van der Waals surface area contributed by atoms with Crippen molar-refractivity contribution in [2.75, 3.05) is 0 Å². The summed E-state index contributed by atoms with van der Waals surface area (Å²) in [6.07, 6.45) is 15.0. The molecule has 9 rings (SSSR count). The van der Waals surface area contributed by atoms with Crippen LogP contribution in [0, 0.1) is 39.8 Å². The Hall–Kier alpha value is -4.47. The normalized spacial score (nSPS) is 15.5. The van der Waals surface area contributed by atoms with Crippen LogP contribution in [0.3, 0.4) is 0 Å². The second-order valence-corrected chi connectivity index (χ2v) is 15.6. The van der Waals surface area contributed by atoms with E-state index in [4.69, 9.17) is 14.8 Å². The fourth-order valence-corrected chi connectivity index (χ4v) is 9.39. The molecule has 2 aliphatic rings. The summed E-state index contributed by atoms with van der Waals surface area (Å²) < 4.78 is 10.8. The number of nitrogens with zero attached hydrogens (tertiary/aromatic N) is 4. The Morgan fingerprint density at radius 2 is 1.33 bits per heavy atom. The second-order valence-electron chi connectivity index (χ2n) is 15.6. The molecule has 2 aliphatic carbocycles. The fourth-order valence-electron chi connectivity index (χ4n) is 9.39. The van der Waals surface area contributed by atoms with Crippen molar-refractivity contribution in [3.8, 4) is 34.1 Å². The Labute approximate surface area is 334 Å². The van der Waals surface area contributed by atoms with E-state index in [0.29, 0.717) is 23.3 Å².